The van der Waals surface area contributed by atoms with E-state index in [1.54, 1.807) is 23.6 Å². The maximum Gasteiger partial charge on any atom is 0.310 e. The molecule has 0 aromatic carbocycles. The summed E-state index contributed by atoms with van der Waals surface area (Å²) in [5, 5.41) is 16.1. The Hall–Kier alpha value is -1.95. The Morgan fingerprint density at radius 1 is 1.56 bits per heavy atom. The van der Waals surface area contributed by atoms with Crippen LogP contribution < -0.4 is 5.32 Å². The third-order valence-electron chi connectivity index (χ3n) is 2.62. The normalized spacial score (nSPS) is 12.1. The van der Waals surface area contributed by atoms with Gasteiger partial charge >= 0.3 is 5.69 Å². The molecule has 94 valence electrons. The number of nitrogens with one attached hydrogen (secondary N) is 1. The standard InChI is InChI=1S/C12H13N3O2S/c1-2-9(12-4-3-7-18-12)14-10-5-6-13-8-11(10)15(16)17/h3-9H,2H2,1H3,(H,13,14). The summed E-state index contributed by atoms with van der Waals surface area (Å²) in [5.74, 6) is 0. The van der Waals surface area contributed by atoms with Gasteiger partial charge in [-0.15, -0.1) is 11.3 Å². The van der Waals surface area contributed by atoms with Gasteiger partial charge in [0.25, 0.3) is 0 Å². The maximum absolute atomic E-state index is 10.9. The molecule has 0 amide bonds. The van der Waals surface area contributed by atoms with Gasteiger partial charge in [-0.25, -0.2) is 0 Å². The van der Waals surface area contributed by atoms with E-state index in [1.165, 1.54) is 11.1 Å². The molecule has 0 spiro atoms. The highest BCUT2D eigenvalue weighted by molar-refractivity contribution is 7.10. The zero-order valence-electron chi connectivity index (χ0n) is 9.87. The second kappa shape index (κ2) is 5.59. The lowest BCUT2D eigenvalue weighted by Crippen LogP contribution is -2.09. The maximum atomic E-state index is 10.9. The zero-order chi connectivity index (χ0) is 13.0. The quantitative estimate of drug-likeness (QED) is 0.661. The Bertz CT molecular complexity index is 528. The third-order valence-corrected chi connectivity index (χ3v) is 3.61. The van der Waals surface area contributed by atoms with Gasteiger partial charge in [0.05, 0.1) is 11.0 Å². The van der Waals surface area contributed by atoms with Crippen molar-refractivity contribution in [2.75, 3.05) is 5.32 Å². The van der Waals surface area contributed by atoms with E-state index in [0.717, 1.165) is 6.42 Å². The Morgan fingerprint density at radius 3 is 3.00 bits per heavy atom. The van der Waals surface area contributed by atoms with Crippen LogP contribution in [0.25, 0.3) is 0 Å². The van der Waals surface area contributed by atoms with Crippen molar-refractivity contribution in [1.82, 2.24) is 4.98 Å². The molecule has 2 aromatic heterocycles. The van der Waals surface area contributed by atoms with E-state index < -0.39 is 4.92 Å². The van der Waals surface area contributed by atoms with Crippen molar-refractivity contribution in [3.63, 3.8) is 0 Å². The number of hydrogen-bond donors (Lipinski definition) is 1. The number of aromatic nitrogens is 1. The van der Waals surface area contributed by atoms with Crippen LogP contribution in [-0.2, 0) is 0 Å². The summed E-state index contributed by atoms with van der Waals surface area (Å²) in [4.78, 5) is 15.4. The van der Waals surface area contributed by atoms with Gasteiger partial charge in [-0.05, 0) is 23.9 Å². The van der Waals surface area contributed by atoms with Crippen molar-refractivity contribution in [3.8, 4) is 0 Å². The minimum atomic E-state index is -0.420. The lowest BCUT2D eigenvalue weighted by Gasteiger charge is -2.16. The topological polar surface area (TPSA) is 68.1 Å². The summed E-state index contributed by atoms with van der Waals surface area (Å²) in [6.45, 7) is 2.05. The molecule has 2 heterocycles. The molecule has 0 aliphatic rings. The summed E-state index contributed by atoms with van der Waals surface area (Å²) in [6, 6.07) is 5.73. The molecule has 0 radical (unpaired) electrons. The number of nitrogens with zero attached hydrogens (tertiary/aromatic N) is 2. The van der Waals surface area contributed by atoms with E-state index in [9.17, 15) is 10.1 Å². The van der Waals surface area contributed by atoms with Gasteiger partial charge in [0, 0.05) is 11.1 Å². The van der Waals surface area contributed by atoms with Crippen LogP contribution in [0.5, 0.6) is 0 Å². The minimum absolute atomic E-state index is 0.00695. The molecule has 0 aliphatic carbocycles. The molecule has 1 atom stereocenters. The number of anilines is 1. The summed E-state index contributed by atoms with van der Waals surface area (Å²) < 4.78 is 0. The molecule has 0 bridgehead atoms. The summed E-state index contributed by atoms with van der Waals surface area (Å²) in [5.41, 5.74) is 0.516. The molecule has 18 heavy (non-hydrogen) atoms. The predicted octanol–water partition coefficient (Wildman–Crippen LogP) is 3.61. The Kier molecular flexibility index (Phi) is 3.88. The second-order valence-corrected chi connectivity index (χ2v) is 4.75. The van der Waals surface area contributed by atoms with Gasteiger partial charge in [-0.2, -0.15) is 0 Å². The summed E-state index contributed by atoms with van der Waals surface area (Å²) in [7, 11) is 0. The molecule has 2 rings (SSSR count). The van der Waals surface area contributed by atoms with Crippen LogP contribution in [0.1, 0.15) is 24.3 Å². The minimum Gasteiger partial charge on any atom is -0.372 e. The predicted molar refractivity (Wildman–Crippen MR) is 71.9 cm³/mol. The van der Waals surface area contributed by atoms with Gasteiger partial charge < -0.3 is 5.32 Å². The largest absolute Gasteiger partial charge is 0.372 e. The van der Waals surface area contributed by atoms with Gasteiger partial charge in [0.2, 0.25) is 0 Å². The van der Waals surface area contributed by atoms with Crippen LogP contribution in [0.3, 0.4) is 0 Å². The molecule has 0 aliphatic heterocycles. The van der Waals surface area contributed by atoms with Crippen LogP contribution in [0.4, 0.5) is 11.4 Å². The molecule has 0 saturated carbocycles. The fraction of sp³-hybridized carbons (Fsp3) is 0.250. The van der Waals surface area contributed by atoms with Crippen molar-refractivity contribution < 1.29 is 4.92 Å². The number of pyridine rings is 1. The molecule has 1 N–H and O–H groups in total. The van der Waals surface area contributed by atoms with E-state index in [1.807, 2.05) is 24.4 Å². The van der Waals surface area contributed by atoms with Crippen LogP contribution in [0.15, 0.2) is 36.0 Å². The van der Waals surface area contributed by atoms with Crippen molar-refractivity contribution in [3.05, 3.63) is 51.0 Å². The van der Waals surface area contributed by atoms with E-state index in [4.69, 9.17) is 0 Å². The fourth-order valence-corrected chi connectivity index (χ4v) is 2.57. The van der Waals surface area contributed by atoms with Gasteiger partial charge in [0.15, 0.2) is 0 Å². The monoisotopic (exact) mass is 263 g/mol. The number of rotatable bonds is 5. The number of hydrogen-bond acceptors (Lipinski definition) is 5. The summed E-state index contributed by atoms with van der Waals surface area (Å²) in [6.07, 6.45) is 3.68. The van der Waals surface area contributed by atoms with Crippen LogP contribution in [0.2, 0.25) is 0 Å². The smallest absolute Gasteiger partial charge is 0.310 e. The average Bonchev–Trinajstić information content (AvgIpc) is 2.90. The van der Waals surface area contributed by atoms with Crippen molar-refractivity contribution in [2.24, 2.45) is 0 Å². The first-order valence-electron chi connectivity index (χ1n) is 5.60. The number of nitro groups is 1. The lowest BCUT2D eigenvalue weighted by molar-refractivity contribution is -0.384. The van der Waals surface area contributed by atoms with Gasteiger partial charge in [-0.1, -0.05) is 13.0 Å². The third kappa shape index (κ3) is 2.65. The molecular weight excluding hydrogens is 250 g/mol. The van der Waals surface area contributed by atoms with Crippen molar-refractivity contribution in [2.45, 2.75) is 19.4 Å². The molecule has 2 aromatic rings. The Labute approximate surface area is 109 Å². The van der Waals surface area contributed by atoms with Crippen molar-refractivity contribution >= 4 is 22.7 Å². The highest BCUT2D eigenvalue weighted by Crippen LogP contribution is 2.30. The fourth-order valence-electron chi connectivity index (χ4n) is 1.71. The molecule has 0 saturated heterocycles. The first kappa shape index (κ1) is 12.5. The average molecular weight is 263 g/mol. The molecule has 6 heteroatoms. The Balaban J connectivity index is 2.25. The van der Waals surface area contributed by atoms with Crippen molar-refractivity contribution in [1.29, 1.82) is 0 Å². The SMILES string of the molecule is CCC(Nc1ccncc1[N+](=O)[O-])c1cccs1. The van der Waals surface area contributed by atoms with Gasteiger partial charge in [0.1, 0.15) is 11.9 Å². The first-order valence-corrected chi connectivity index (χ1v) is 6.48. The zero-order valence-corrected chi connectivity index (χ0v) is 10.7. The molecular formula is C12H13N3O2S. The molecule has 0 fully saturated rings. The first-order chi connectivity index (χ1) is 8.72. The second-order valence-electron chi connectivity index (χ2n) is 3.77. The van der Waals surface area contributed by atoms with Gasteiger partial charge in [-0.3, -0.25) is 15.1 Å². The molecule has 5 nitrogen and oxygen atoms in total. The van der Waals surface area contributed by atoms with Crippen LogP contribution >= 0.6 is 11.3 Å². The van der Waals surface area contributed by atoms with Crippen LogP contribution in [0, 0.1) is 10.1 Å². The molecule has 1 unspecified atom stereocenters. The summed E-state index contributed by atoms with van der Waals surface area (Å²) >= 11 is 1.64. The van der Waals surface area contributed by atoms with E-state index in [0.29, 0.717) is 5.69 Å². The van der Waals surface area contributed by atoms with E-state index in [2.05, 4.69) is 10.3 Å². The lowest BCUT2D eigenvalue weighted by atomic mass is 10.1. The highest BCUT2D eigenvalue weighted by atomic mass is 32.1. The van der Waals surface area contributed by atoms with E-state index in [-0.39, 0.29) is 11.7 Å². The highest BCUT2D eigenvalue weighted by Gasteiger charge is 2.17. The van der Waals surface area contributed by atoms with E-state index >= 15 is 0 Å². The Morgan fingerprint density at radius 2 is 2.39 bits per heavy atom. The number of thiophene rings is 1. The van der Waals surface area contributed by atoms with Crippen LogP contribution in [-0.4, -0.2) is 9.91 Å².